The van der Waals surface area contributed by atoms with E-state index in [0.717, 1.165) is 43.0 Å². The standard InChI is InChI=1S/C14H21NO3/c1-17-13-4-3-11(14(7-13)18-2)9-15-8-10-5-12(16)6-10/h3-4,7,10,12,15-16H,5-6,8-9H2,1-2H3. The molecule has 4 nitrogen and oxygen atoms in total. The molecule has 0 atom stereocenters. The van der Waals surface area contributed by atoms with Crippen LogP contribution in [0, 0.1) is 5.92 Å². The van der Waals surface area contributed by atoms with E-state index in [9.17, 15) is 5.11 Å². The summed E-state index contributed by atoms with van der Waals surface area (Å²) in [5, 5.41) is 12.6. The lowest BCUT2D eigenvalue weighted by Gasteiger charge is -2.31. The number of aliphatic hydroxyl groups excluding tert-OH is 1. The van der Waals surface area contributed by atoms with Gasteiger partial charge in [0.2, 0.25) is 0 Å². The van der Waals surface area contributed by atoms with Gasteiger partial charge in [0.15, 0.2) is 0 Å². The third-order valence-corrected chi connectivity index (χ3v) is 3.45. The molecule has 1 saturated carbocycles. The van der Waals surface area contributed by atoms with Crippen molar-refractivity contribution in [1.29, 1.82) is 0 Å². The highest BCUT2D eigenvalue weighted by molar-refractivity contribution is 5.40. The van der Waals surface area contributed by atoms with Gasteiger partial charge in [0, 0.05) is 18.2 Å². The molecule has 1 fully saturated rings. The highest BCUT2D eigenvalue weighted by Crippen LogP contribution is 2.27. The summed E-state index contributed by atoms with van der Waals surface area (Å²) >= 11 is 0. The fourth-order valence-corrected chi connectivity index (χ4v) is 2.28. The molecule has 0 saturated heterocycles. The van der Waals surface area contributed by atoms with Crippen LogP contribution in [0.25, 0.3) is 0 Å². The number of ether oxygens (including phenoxy) is 2. The number of benzene rings is 1. The molecular weight excluding hydrogens is 230 g/mol. The lowest BCUT2D eigenvalue weighted by Crippen LogP contribution is -2.35. The van der Waals surface area contributed by atoms with E-state index in [1.807, 2.05) is 18.2 Å². The molecule has 0 radical (unpaired) electrons. The average molecular weight is 251 g/mol. The van der Waals surface area contributed by atoms with Crippen LogP contribution in [0.4, 0.5) is 0 Å². The van der Waals surface area contributed by atoms with Crippen molar-refractivity contribution in [3.8, 4) is 11.5 Å². The van der Waals surface area contributed by atoms with Gasteiger partial charge in [-0.2, -0.15) is 0 Å². The van der Waals surface area contributed by atoms with Crippen LogP contribution in [-0.4, -0.2) is 32.0 Å². The molecule has 0 unspecified atom stereocenters. The molecule has 100 valence electrons. The van der Waals surface area contributed by atoms with Crippen molar-refractivity contribution < 1.29 is 14.6 Å². The van der Waals surface area contributed by atoms with Crippen molar-refractivity contribution in [2.75, 3.05) is 20.8 Å². The SMILES string of the molecule is COc1ccc(CNCC2CC(O)C2)c(OC)c1. The van der Waals surface area contributed by atoms with Gasteiger partial charge in [-0.15, -0.1) is 0 Å². The summed E-state index contributed by atoms with van der Waals surface area (Å²) in [6, 6.07) is 5.84. The van der Waals surface area contributed by atoms with Gasteiger partial charge < -0.3 is 19.9 Å². The molecule has 1 aromatic rings. The second-order valence-corrected chi connectivity index (χ2v) is 4.80. The third kappa shape index (κ3) is 3.15. The molecule has 2 N–H and O–H groups in total. The van der Waals surface area contributed by atoms with Gasteiger partial charge in [-0.25, -0.2) is 0 Å². The first-order chi connectivity index (χ1) is 8.72. The molecule has 2 rings (SSSR count). The van der Waals surface area contributed by atoms with Crippen molar-refractivity contribution >= 4 is 0 Å². The fourth-order valence-electron chi connectivity index (χ4n) is 2.28. The van der Waals surface area contributed by atoms with Gasteiger partial charge >= 0.3 is 0 Å². The molecular formula is C14H21NO3. The summed E-state index contributed by atoms with van der Waals surface area (Å²) < 4.78 is 10.5. The van der Waals surface area contributed by atoms with Crippen LogP contribution in [-0.2, 0) is 6.54 Å². The highest BCUT2D eigenvalue weighted by atomic mass is 16.5. The molecule has 0 amide bonds. The maximum absolute atomic E-state index is 9.21. The summed E-state index contributed by atoms with van der Waals surface area (Å²) in [7, 11) is 3.31. The van der Waals surface area contributed by atoms with Crippen molar-refractivity contribution in [3.63, 3.8) is 0 Å². The molecule has 1 aromatic carbocycles. The number of hydrogen-bond acceptors (Lipinski definition) is 4. The summed E-state index contributed by atoms with van der Waals surface area (Å²) in [4.78, 5) is 0. The van der Waals surface area contributed by atoms with E-state index in [0.29, 0.717) is 5.92 Å². The first-order valence-electron chi connectivity index (χ1n) is 6.32. The normalized spacial score (nSPS) is 22.4. The van der Waals surface area contributed by atoms with E-state index in [1.54, 1.807) is 14.2 Å². The van der Waals surface area contributed by atoms with E-state index in [-0.39, 0.29) is 6.10 Å². The summed E-state index contributed by atoms with van der Waals surface area (Å²) in [5.41, 5.74) is 1.12. The topological polar surface area (TPSA) is 50.7 Å². The number of aliphatic hydroxyl groups is 1. The molecule has 18 heavy (non-hydrogen) atoms. The summed E-state index contributed by atoms with van der Waals surface area (Å²) in [6.45, 7) is 1.73. The monoisotopic (exact) mass is 251 g/mol. The Hall–Kier alpha value is -1.26. The molecule has 4 heteroatoms. The first-order valence-corrected chi connectivity index (χ1v) is 6.32. The minimum absolute atomic E-state index is 0.0766. The molecule has 0 aromatic heterocycles. The Morgan fingerprint density at radius 3 is 2.67 bits per heavy atom. The number of methoxy groups -OCH3 is 2. The maximum Gasteiger partial charge on any atom is 0.127 e. The smallest absolute Gasteiger partial charge is 0.127 e. The lowest BCUT2D eigenvalue weighted by molar-refractivity contribution is 0.0429. The minimum Gasteiger partial charge on any atom is -0.497 e. The van der Waals surface area contributed by atoms with Crippen molar-refractivity contribution in [3.05, 3.63) is 23.8 Å². The Morgan fingerprint density at radius 2 is 2.06 bits per heavy atom. The van der Waals surface area contributed by atoms with Gasteiger partial charge in [-0.1, -0.05) is 6.07 Å². The molecule has 0 aliphatic heterocycles. The second kappa shape index (κ2) is 6.07. The van der Waals surface area contributed by atoms with Crippen molar-refractivity contribution in [2.45, 2.75) is 25.5 Å². The Morgan fingerprint density at radius 1 is 1.28 bits per heavy atom. The van der Waals surface area contributed by atoms with E-state index >= 15 is 0 Å². The van der Waals surface area contributed by atoms with Crippen LogP contribution in [0.3, 0.4) is 0 Å². The van der Waals surface area contributed by atoms with E-state index in [2.05, 4.69) is 5.32 Å². The first kappa shape index (κ1) is 13.2. The van der Waals surface area contributed by atoms with E-state index < -0.39 is 0 Å². The van der Waals surface area contributed by atoms with Crippen LogP contribution in [0.5, 0.6) is 11.5 Å². The molecule has 0 spiro atoms. The van der Waals surface area contributed by atoms with Gasteiger partial charge in [-0.05, 0) is 31.4 Å². The number of nitrogens with one attached hydrogen (secondary N) is 1. The number of hydrogen-bond donors (Lipinski definition) is 2. The van der Waals surface area contributed by atoms with Crippen molar-refractivity contribution in [1.82, 2.24) is 5.32 Å². The van der Waals surface area contributed by atoms with Gasteiger partial charge in [0.25, 0.3) is 0 Å². The summed E-state index contributed by atoms with van der Waals surface area (Å²) in [6.07, 6.45) is 1.77. The lowest BCUT2D eigenvalue weighted by atomic mass is 9.82. The average Bonchev–Trinajstić information content (AvgIpc) is 2.36. The predicted molar refractivity (Wildman–Crippen MR) is 70.0 cm³/mol. The Balaban J connectivity index is 1.84. The second-order valence-electron chi connectivity index (χ2n) is 4.80. The Labute approximate surface area is 108 Å². The maximum atomic E-state index is 9.21. The highest BCUT2D eigenvalue weighted by Gasteiger charge is 2.26. The van der Waals surface area contributed by atoms with Crippen molar-refractivity contribution in [2.24, 2.45) is 5.92 Å². The van der Waals surface area contributed by atoms with Crippen LogP contribution >= 0.6 is 0 Å². The van der Waals surface area contributed by atoms with Crippen LogP contribution in [0.2, 0.25) is 0 Å². The van der Waals surface area contributed by atoms with E-state index in [1.165, 1.54) is 0 Å². The number of rotatable bonds is 6. The zero-order valence-corrected chi connectivity index (χ0v) is 11.0. The van der Waals surface area contributed by atoms with Gasteiger partial charge in [-0.3, -0.25) is 0 Å². The zero-order valence-electron chi connectivity index (χ0n) is 11.0. The molecule has 1 aliphatic carbocycles. The van der Waals surface area contributed by atoms with Gasteiger partial charge in [0.1, 0.15) is 11.5 Å². The molecule has 0 heterocycles. The fraction of sp³-hybridized carbons (Fsp3) is 0.571. The van der Waals surface area contributed by atoms with E-state index in [4.69, 9.17) is 9.47 Å². The van der Waals surface area contributed by atoms with Crippen LogP contribution in [0.1, 0.15) is 18.4 Å². The van der Waals surface area contributed by atoms with Gasteiger partial charge in [0.05, 0.1) is 20.3 Å². The Bertz CT molecular complexity index is 389. The summed E-state index contributed by atoms with van der Waals surface area (Å²) in [5.74, 6) is 2.26. The zero-order chi connectivity index (χ0) is 13.0. The Kier molecular flexibility index (Phi) is 4.44. The van der Waals surface area contributed by atoms with Crippen LogP contribution < -0.4 is 14.8 Å². The quantitative estimate of drug-likeness (QED) is 0.805. The minimum atomic E-state index is -0.0766. The predicted octanol–water partition coefficient (Wildman–Crippen LogP) is 1.56. The molecule has 1 aliphatic rings. The van der Waals surface area contributed by atoms with Crippen LogP contribution in [0.15, 0.2) is 18.2 Å². The third-order valence-electron chi connectivity index (χ3n) is 3.45. The molecule has 0 bridgehead atoms. The largest absolute Gasteiger partial charge is 0.497 e.